The summed E-state index contributed by atoms with van der Waals surface area (Å²) in [7, 11) is 0. The lowest BCUT2D eigenvalue weighted by Crippen LogP contribution is -2.37. The quantitative estimate of drug-likeness (QED) is 0.746. The second kappa shape index (κ2) is 3.73. The Bertz CT molecular complexity index is 464. The molecule has 2 N–H and O–H groups in total. The molecule has 4 nitrogen and oxygen atoms in total. The van der Waals surface area contributed by atoms with E-state index >= 15 is 0 Å². The van der Waals surface area contributed by atoms with Gasteiger partial charge in [-0.25, -0.2) is 0 Å². The summed E-state index contributed by atoms with van der Waals surface area (Å²) in [5, 5.41) is 19.5. The second-order valence-electron chi connectivity index (χ2n) is 3.72. The molecule has 0 aliphatic carbocycles. The fourth-order valence-electron chi connectivity index (χ4n) is 1.56. The zero-order chi connectivity index (χ0) is 11.8. The van der Waals surface area contributed by atoms with E-state index < -0.39 is 11.6 Å². The van der Waals surface area contributed by atoms with Crippen LogP contribution in [0.1, 0.15) is 18.1 Å². The van der Waals surface area contributed by atoms with Crippen LogP contribution in [0.5, 0.6) is 5.75 Å². The van der Waals surface area contributed by atoms with Crippen molar-refractivity contribution in [2.45, 2.75) is 19.3 Å². The highest BCUT2D eigenvalue weighted by Gasteiger charge is 2.32. The number of carbonyl (C=O) groups is 1. The molecule has 4 heteroatoms. The van der Waals surface area contributed by atoms with Gasteiger partial charge >= 0.3 is 0 Å². The summed E-state index contributed by atoms with van der Waals surface area (Å²) in [6, 6.07) is 5.01. The maximum Gasteiger partial charge on any atom is 0.247 e. The Hall–Kier alpha value is -1.65. The van der Waals surface area contributed by atoms with Crippen LogP contribution in [-0.4, -0.2) is 21.8 Å². The average molecular weight is 220 g/mol. The Labute approximate surface area is 92.8 Å². The number of fused-ring (bicyclic) bond motifs is 1. The van der Waals surface area contributed by atoms with Crippen molar-refractivity contribution in [3.63, 3.8) is 0 Å². The maximum atomic E-state index is 11.2. The predicted molar refractivity (Wildman–Crippen MR) is 57.6 cm³/mol. The van der Waals surface area contributed by atoms with Crippen molar-refractivity contribution >= 4 is 11.9 Å². The number of aliphatic hydroxyl groups is 1. The Morgan fingerprint density at radius 3 is 2.94 bits per heavy atom. The third-order valence-corrected chi connectivity index (χ3v) is 2.62. The third-order valence-electron chi connectivity index (χ3n) is 2.62. The van der Waals surface area contributed by atoms with Crippen molar-refractivity contribution in [2.75, 3.05) is 0 Å². The fourth-order valence-corrected chi connectivity index (χ4v) is 1.56. The number of phenolic OH excluding ortho intramolecular Hbond substituents is 1. The van der Waals surface area contributed by atoms with E-state index in [0.717, 1.165) is 5.56 Å². The minimum atomic E-state index is -1.90. The molecule has 0 aromatic heterocycles. The molecule has 0 spiro atoms. The van der Waals surface area contributed by atoms with Crippen LogP contribution < -0.4 is 0 Å². The molecule has 1 aliphatic rings. The van der Waals surface area contributed by atoms with Crippen LogP contribution in [0.2, 0.25) is 0 Å². The number of phenols is 1. The highest BCUT2D eigenvalue weighted by molar-refractivity contribution is 5.86. The highest BCUT2D eigenvalue weighted by Crippen LogP contribution is 2.29. The van der Waals surface area contributed by atoms with Crippen LogP contribution in [0.3, 0.4) is 0 Å². The minimum Gasteiger partial charge on any atom is -0.508 e. The average Bonchev–Trinajstić information content (AvgIpc) is 2.41. The van der Waals surface area contributed by atoms with E-state index in [-0.39, 0.29) is 12.4 Å². The largest absolute Gasteiger partial charge is 0.508 e. The molecule has 1 aromatic carbocycles. The molecule has 0 bridgehead atoms. The van der Waals surface area contributed by atoms with E-state index in [1.807, 2.05) is 0 Å². The van der Waals surface area contributed by atoms with Crippen molar-refractivity contribution in [2.24, 2.45) is 0 Å². The smallest absolute Gasteiger partial charge is 0.247 e. The number of hydrogen-bond acceptors (Lipinski definition) is 4. The Kier molecular flexibility index (Phi) is 2.53. The van der Waals surface area contributed by atoms with Crippen molar-refractivity contribution in [3.8, 4) is 5.75 Å². The Balaban J connectivity index is 2.43. The van der Waals surface area contributed by atoms with Gasteiger partial charge in [-0.2, -0.15) is 0 Å². The van der Waals surface area contributed by atoms with Crippen molar-refractivity contribution < 1.29 is 19.7 Å². The van der Waals surface area contributed by atoms with Crippen LogP contribution in [-0.2, 0) is 16.1 Å². The number of rotatable bonds is 1. The van der Waals surface area contributed by atoms with Crippen LogP contribution in [0.25, 0.3) is 6.08 Å². The zero-order valence-corrected chi connectivity index (χ0v) is 8.80. The SMILES string of the molecule is CC(=O)[C@]1(O)C=Cc2cccc(O)c2CO1. The topological polar surface area (TPSA) is 66.8 Å². The van der Waals surface area contributed by atoms with Crippen LogP contribution >= 0.6 is 0 Å². The van der Waals surface area contributed by atoms with Gasteiger partial charge in [-0.1, -0.05) is 18.2 Å². The zero-order valence-electron chi connectivity index (χ0n) is 8.80. The number of carbonyl (C=O) groups excluding carboxylic acids is 1. The normalized spacial score (nSPS) is 23.6. The molecule has 1 aromatic rings. The van der Waals surface area contributed by atoms with Gasteiger partial charge in [0.15, 0.2) is 5.78 Å². The molecular weight excluding hydrogens is 208 g/mol. The van der Waals surface area contributed by atoms with Gasteiger partial charge < -0.3 is 14.9 Å². The van der Waals surface area contributed by atoms with Crippen LogP contribution in [0, 0.1) is 0 Å². The molecular formula is C12H12O4. The first-order valence-corrected chi connectivity index (χ1v) is 4.90. The van der Waals surface area contributed by atoms with Gasteiger partial charge in [0.05, 0.1) is 6.61 Å². The Morgan fingerprint density at radius 2 is 2.25 bits per heavy atom. The predicted octanol–water partition coefficient (Wildman–Crippen LogP) is 1.21. The van der Waals surface area contributed by atoms with Gasteiger partial charge in [0.2, 0.25) is 5.79 Å². The molecule has 1 atom stereocenters. The van der Waals surface area contributed by atoms with Gasteiger partial charge in [0.25, 0.3) is 0 Å². The van der Waals surface area contributed by atoms with Gasteiger partial charge in [0.1, 0.15) is 5.75 Å². The summed E-state index contributed by atoms with van der Waals surface area (Å²) in [6.07, 6.45) is 2.87. The number of ether oxygens (including phenoxy) is 1. The number of ketones is 1. The lowest BCUT2D eigenvalue weighted by Gasteiger charge is -2.20. The summed E-state index contributed by atoms with van der Waals surface area (Å²) in [5.41, 5.74) is 1.30. The molecule has 0 saturated heterocycles. The molecule has 0 fully saturated rings. The number of Topliss-reactive ketones (excluding diaryl/α,β-unsaturated/α-hetero) is 1. The summed E-state index contributed by atoms with van der Waals surface area (Å²) in [6.45, 7) is 1.24. The van der Waals surface area contributed by atoms with Gasteiger partial charge in [0, 0.05) is 12.5 Å². The monoisotopic (exact) mass is 220 g/mol. The van der Waals surface area contributed by atoms with Gasteiger partial charge in [-0.3, -0.25) is 4.79 Å². The first-order valence-electron chi connectivity index (χ1n) is 4.90. The van der Waals surface area contributed by atoms with E-state index in [4.69, 9.17) is 4.74 Å². The van der Waals surface area contributed by atoms with Crippen LogP contribution in [0.15, 0.2) is 24.3 Å². The van der Waals surface area contributed by atoms with Crippen molar-refractivity contribution in [1.29, 1.82) is 0 Å². The maximum absolute atomic E-state index is 11.2. The highest BCUT2D eigenvalue weighted by atomic mass is 16.6. The molecule has 84 valence electrons. The first kappa shape index (κ1) is 10.9. The summed E-state index contributed by atoms with van der Waals surface area (Å²) < 4.78 is 5.12. The molecule has 0 amide bonds. The van der Waals surface area contributed by atoms with E-state index in [2.05, 4.69) is 0 Å². The lowest BCUT2D eigenvalue weighted by molar-refractivity contribution is -0.185. The van der Waals surface area contributed by atoms with E-state index in [9.17, 15) is 15.0 Å². The summed E-state index contributed by atoms with van der Waals surface area (Å²) in [4.78, 5) is 11.2. The van der Waals surface area contributed by atoms with Crippen molar-refractivity contribution in [3.05, 3.63) is 35.4 Å². The Morgan fingerprint density at radius 1 is 1.50 bits per heavy atom. The van der Waals surface area contributed by atoms with E-state index in [0.29, 0.717) is 5.56 Å². The molecule has 1 aliphatic heterocycles. The molecule has 0 radical (unpaired) electrons. The van der Waals surface area contributed by atoms with Crippen molar-refractivity contribution in [1.82, 2.24) is 0 Å². The van der Waals surface area contributed by atoms with E-state index in [1.54, 1.807) is 18.2 Å². The third kappa shape index (κ3) is 1.73. The van der Waals surface area contributed by atoms with Crippen LogP contribution in [0.4, 0.5) is 0 Å². The number of hydrogen-bond donors (Lipinski definition) is 2. The van der Waals surface area contributed by atoms with Gasteiger partial charge in [-0.15, -0.1) is 0 Å². The fraction of sp³-hybridized carbons (Fsp3) is 0.250. The molecule has 1 heterocycles. The standard InChI is InChI=1S/C12H12O4/c1-8(13)12(15)6-5-9-3-2-4-11(14)10(9)7-16-12/h2-6,14-15H,7H2,1H3/t12-/m0/s1. The first-order chi connectivity index (χ1) is 7.53. The van der Waals surface area contributed by atoms with Gasteiger partial charge in [-0.05, 0) is 17.7 Å². The summed E-state index contributed by atoms with van der Waals surface area (Å²) >= 11 is 0. The summed E-state index contributed by atoms with van der Waals surface area (Å²) in [5.74, 6) is -2.29. The lowest BCUT2D eigenvalue weighted by atomic mass is 10.1. The minimum absolute atomic E-state index is 0.00884. The molecule has 16 heavy (non-hydrogen) atoms. The molecule has 0 unspecified atom stereocenters. The van der Waals surface area contributed by atoms with E-state index in [1.165, 1.54) is 19.1 Å². The molecule has 0 saturated carbocycles. The number of aromatic hydroxyl groups is 1. The number of benzene rings is 1. The molecule has 2 rings (SSSR count). The second-order valence-corrected chi connectivity index (χ2v) is 3.72.